The molecule has 2 aliphatic rings. The molecule has 0 bridgehead atoms. The molecule has 0 atom stereocenters. The summed E-state index contributed by atoms with van der Waals surface area (Å²) in [4.78, 5) is 29.7. The van der Waals surface area contributed by atoms with Crippen LogP contribution >= 0.6 is 11.6 Å². The highest BCUT2D eigenvalue weighted by Gasteiger charge is 2.19. The molecule has 5 heterocycles. The Labute approximate surface area is 332 Å². The van der Waals surface area contributed by atoms with Crippen LogP contribution in [0.4, 0.5) is 17.2 Å². The predicted octanol–water partition coefficient (Wildman–Crippen LogP) is 10.5. The Morgan fingerprint density at radius 2 is 1.46 bits per heavy atom. The Bertz CT molecular complexity index is 2360. The van der Waals surface area contributed by atoms with Crippen molar-refractivity contribution < 1.29 is 9.47 Å². The maximum absolute atomic E-state index is 11.1. The molecule has 3 aromatic heterocycles. The third kappa shape index (κ3) is 8.53. The molecule has 10 nitrogen and oxygen atoms in total. The lowest BCUT2D eigenvalue weighted by Crippen LogP contribution is -2.19. The largest absolute Gasteiger partial charge is 0.488 e. The first kappa shape index (κ1) is 37.5. The summed E-state index contributed by atoms with van der Waals surface area (Å²) in [6.45, 7) is 10.9. The second-order valence-electron chi connectivity index (χ2n) is 14.8. The maximum Gasteiger partial charge on any atom is 0.156 e. The lowest BCUT2D eigenvalue weighted by atomic mass is 9.93. The van der Waals surface area contributed by atoms with Gasteiger partial charge in [0.1, 0.15) is 35.9 Å². The fourth-order valence-electron chi connectivity index (χ4n) is 7.85. The normalized spacial score (nSPS) is 14.7. The zero-order valence-electron chi connectivity index (χ0n) is 31.9. The number of nitrogens with zero attached hydrogens (tertiary/aromatic N) is 6. The number of ether oxygens (including phenoxy) is 2. The summed E-state index contributed by atoms with van der Waals surface area (Å²) in [5.41, 5.74) is 10.6. The molecule has 286 valence electrons. The van der Waals surface area contributed by atoms with E-state index in [0.29, 0.717) is 23.1 Å². The molecule has 2 aliphatic heterocycles. The predicted molar refractivity (Wildman–Crippen MR) is 223 cm³/mol. The van der Waals surface area contributed by atoms with Crippen LogP contribution in [0.15, 0.2) is 96.7 Å². The van der Waals surface area contributed by atoms with Crippen LogP contribution in [0.5, 0.6) is 11.5 Å². The SMILES string of the molecule is Cc1c(COc2cc(OCc3cncc(N=O)c3)c(CN3CCCC3)cc2Cl)cccc1-c1cccc(Nc2nccc3cc(CN4CCCC4)cnc23)c1C. The number of pyridine rings is 3. The molecule has 3 aromatic carbocycles. The first-order valence-corrected chi connectivity index (χ1v) is 19.8. The second-order valence-corrected chi connectivity index (χ2v) is 15.3. The van der Waals surface area contributed by atoms with Gasteiger partial charge in [0.15, 0.2) is 5.82 Å². The third-order valence-corrected chi connectivity index (χ3v) is 11.3. The molecular weight excluding hydrogens is 722 g/mol. The molecule has 0 saturated carbocycles. The van der Waals surface area contributed by atoms with Crippen LogP contribution < -0.4 is 14.8 Å². The Hall–Kier alpha value is -5.42. The monoisotopic (exact) mass is 767 g/mol. The van der Waals surface area contributed by atoms with Crippen molar-refractivity contribution in [2.75, 3.05) is 31.5 Å². The zero-order chi connectivity index (χ0) is 38.4. The summed E-state index contributed by atoms with van der Waals surface area (Å²) in [6, 6.07) is 22.4. The van der Waals surface area contributed by atoms with Crippen molar-refractivity contribution in [3.63, 3.8) is 0 Å². The van der Waals surface area contributed by atoms with Crippen LogP contribution in [-0.4, -0.2) is 50.9 Å². The van der Waals surface area contributed by atoms with Gasteiger partial charge in [0.25, 0.3) is 0 Å². The average molecular weight is 768 g/mol. The van der Waals surface area contributed by atoms with Crippen LogP contribution in [0.1, 0.15) is 59.1 Å². The number of fused-ring (bicyclic) bond motifs is 1. The fourth-order valence-corrected chi connectivity index (χ4v) is 8.09. The van der Waals surface area contributed by atoms with E-state index in [-0.39, 0.29) is 12.3 Å². The maximum atomic E-state index is 11.1. The molecule has 0 spiro atoms. The van der Waals surface area contributed by atoms with Crippen molar-refractivity contribution in [1.82, 2.24) is 24.8 Å². The molecular formula is C45H46ClN7O3. The quantitative estimate of drug-likeness (QED) is 0.108. The van der Waals surface area contributed by atoms with Crippen LogP contribution in [-0.2, 0) is 26.3 Å². The Morgan fingerprint density at radius 1 is 0.732 bits per heavy atom. The van der Waals surface area contributed by atoms with E-state index >= 15 is 0 Å². The summed E-state index contributed by atoms with van der Waals surface area (Å²) < 4.78 is 12.8. The lowest BCUT2D eigenvalue weighted by molar-refractivity contribution is 0.277. The number of anilines is 2. The van der Waals surface area contributed by atoms with Crippen molar-refractivity contribution in [2.45, 2.75) is 65.8 Å². The first-order chi connectivity index (χ1) is 27.4. The molecule has 0 aliphatic carbocycles. The smallest absolute Gasteiger partial charge is 0.156 e. The molecule has 8 rings (SSSR count). The van der Waals surface area contributed by atoms with E-state index in [2.05, 4.69) is 81.6 Å². The summed E-state index contributed by atoms with van der Waals surface area (Å²) >= 11 is 6.89. The van der Waals surface area contributed by atoms with Gasteiger partial charge in [-0.2, -0.15) is 0 Å². The number of likely N-dealkylation sites (tertiary alicyclic amines) is 2. The van der Waals surface area contributed by atoms with Gasteiger partial charge in [0.05, 0.1) is 11.2 Å². The number of nitroso groups, excluding NO2 is 1. The minimum absolute atomic E-state index is 0.228. The highest BCUT2D eigenvalue weighted by Crippen LogP contribution is 2.37. The number of hydrogen-bond donors (Lipinski definition) is 1. The molecule has 56 heavy (non-hydrogen) atoms. The number of rotatable bonds is 14. The molecule has 2 saturated heterocycles. The van der Waals surface area contributed by atoms with Crippen molar-refractivity contribution >= 4 is 39.7 Å². The second kappa shape index (κ2) is 17.2. The van der Waals surface area contributed by atoms with Crippen molar-refractivity contribution in [2.24, 2.45) is 5.18 Å². The highest BCUT2D eigenvalue weighted by atomic mass is 35.5. The van der Waals surface area contributed by atoms with Gasteiger partial charge >= 0.3 is 0 Å². The van der Waals surface area contributed by atoms with Gasteiger partial charge in [-0.25, -0.2) is 4.98 Å². The van der Waals surface area contributed by atoms with E-state index < -0.39 is 0 Å². The Morgan fingerprint density at radius 3 is 2.25 bits per heavy atom. The number of halogens is 1. The van der Waals surface area contributed by atoms with Crippen LogP contribution in [0.3, 0.4) is 0 Å². The number of hydrogen-bond acceptors (Lipinski definition) is 10. The minimum atomic E-state index is 0.228. The van der Waals surface area contributed by atoms with E-state index in [0.717, 1.165) is 101 Å². The number of benzene rings is 3. The van der Waals surface area contributed by atoms with Crippen molar-refractivity contribution in [3.8, 4) is 22.6 Å². The molecule has 0 amide bonds. The number of aromatic nitrogens is 3. The minimum Gasteiger partial charge on any atom is -0.488 e. The third-order valence-electron chi connectivity index (χ3n) is 11.0. The number of nitrogens with one attached hydrogen (secondary N) is 1. The van der Waals surface area contributed by atoms with Gasteiger partial charge in [0, 0.05) is 59.9 Å². The first-order valence-electron chi connectivity index (χ1n) is 19.4. The summed E-state index contributed by atoms with van der Waals surface area (Å²) in [7, 11) is 0. The topological polar surface area (TPSA) is 105 Å². The van der Waals surface area contributed by atoms with Gasteiger partial charge in [-0.15, -0.1) is 4.91 Å². The lowest BCUT2D eigenvalue weighted by Gasteiger charge is -2.20. The van der Waals surface area contributed by atoms with Crippen molar-refractivity contribution in [1.29, 1.82) is 0 Å². The summed E-state index contributed by atoms with van der Waals surface area (Å²) in [5.74, 6) is 1.97. The van der Waals surface area contributed by atoms with Gasteiger partial charge in [-0.05, 0) is 135 Å². The molecule has 0 unspecified atom stereocenters. The molecule has 11 heteroatoms. The Kier molecular flexibility index (Phi) is 11.5. The van der Waals surface area contributed by atoms with Crippen LogP contribution in [0, 0.1) is 18.8 Å². The summed E-state index contributed by atoms with van der Waals surface area (Å²) in [6.07, 6.45) is 11.9. The molecule has 6 aromatic rings. The van der Waals surface area contributed by atoms with E-state index in [9.17, 15) is 4.91 Å². The molecule has 0 radical (unpaired) electrons. The van der Waals surface area contributed by atoms with E-state index in [1.165, 1.54) is 37.4 Å². The Balaban J connectivity index is 1.01. The zero-order valence-corrected chi connectivity index (χ0v) is 32.7. The van der Waals surface area contributed by atoms with Gasteiger partial charge < -0.3 is 14.8 Å². The highest BCUT2D eigenvalue weighted by molar-refractivity contribution is 6.32. The van der Waals surface area contributed by atoms with E-state index in [1.54, 1.807) is 12.3 Å². The van der Waals surface area contributed by atoms with Gasteiger partial charge in [-0.3, -0.25) is 19.8 Å². The molecule has 1 N–H and O–H groups in total. The summed E-state index contributed by atoms with van der Waals surface area (Å²) in [5, 5.41) is 8.23. The van der Waals surface area contributed by atoms with Crippen LogP contribution in [0.25, 0.3) is 22.0 Å². The average Bonchev–Trinajstić information content (AvgIpc) is 3.94. The standard InChI is InChI=1S/C45H46ClN7O3/c1-30-35(29-56-43-22-42(55-28-33-20-37(51-54)25-47-23-33)36(21-40(43)46)27-53-17-5-6-18-53)9-7-10-38(30)39-11-8-12-41(31(39)2)50-45-44-34(13-14-48-45)19-32(24-49-44)26-52-15-3-4-16-52/h7-14,19-25H,3-6,15-18,26-29H2,1-2H3,(H,48,50). The fraction of sp³-hybridized carbons (Fsp3) is 0.311. The van der Waals surface area contributed by atoms with E-state index in [4.69, 9.17) is 31.0 Å². The van der Waals surface area contributed by atoms with E-state index in [1.807, 2.05) is 30.6 Å². The molecule has 2 fully saturated rings. The van der Waals surface area contributed by atoms with Crippen molar-refractivity contribution in [3.05, 3.63) is 135 Å². The van der Waals surface area contributed by atoms with Gasteiger partial charge in [0.2, 0.25) is 0 Å². The van der Waals surface area contributed by atoms with Gasteiger partial charge in [-0.1, -0.05) is 41.9 Å². The van der Waals surface area contributed by atoms with Crippen LogP contribution in [0.2, 0.25) is 5.02 Å².